The fraction of sp³-hybridized carbons (Fsp3) is 0.625. The van der Waals surface area contributed by atoms with Crippen LogP contribution in [0.4, 0.5) is 0 Å². The molecule has 0 aliphatic heterocycles. The molecule has 0 atom stereocenters. The summed E-state index contributed by atoms with van der Waals surface area (Å²) < 4.78 is 0. The summed E-state index contributed by atoms with van der Waals surface area (Å²) in [5.41, 5.74) is 1.41. The van der Waals surface area contributed by atoms with Crippen LogP contribution in [0.3, 0.4) is 0 Å². The Bertz CT molecular complexity index is 377. The number of thioether (sulfide) groups is 1. The maximum absolute atomic E-state index is 6.03. The smallest absolute Gasteiger partial charge is 0.0408 e. The third-order valence-corrected chi connectivity index (χ3v) is 4.85. The summed E-state index contributed by atoms with van der Waals surface area (Å²) in [6.07, 6.45) is 8.76. The van der Waals surface area contributed by atoms with Gasteiger partial charge in [0.2, 0.25) is 0 Å². The quantitative estimate of drug-likeness (QED) is 0.698. The zero-order valence-electron chi connectivity index (χ0n) is 11.7. The summed E-state index contributed by atoms with van der Waals surface area (Å²) in [6.45, 7) is 1.18. The largest absolute Gasteiger partial charge is 0.314 e. The molecule has 0 saturated heterocycles. The van der Waals surface area contributed by atoms with Crippen molar-refractivity contribution in [2.24, 2.45) is 0 Å². The topological polar surface area (TPSA) is 12.0 Å². The van der Waals surface area contributed by atoms with Gasteiger partial charge in [-0.15, -0.1) is 0 Å². The Balaban J connectivity index is 1.56. The maximum Gasteiger partial charge on any atom is 0.0408 e. The van der Waals surface area contributed by atoms with E-state index in [1.165, 1.54) is 50.0 Å². The lowest BCUT2D eigenvalue weighted by Gasteiger charge is -2.36. The molecule has 0 heterocycles. The number of rotatable bonds is 8. The van der Waals surface area contributed by atoms with Gasteiger partial charge in [0.05, 0.1) is 0 Å². The standard InChI is InChI=1S/C16H24ClNS/c1-19-9-4-2-3-8-18-16-11-14(12-16)13-6-5-7-15(17)10-13/h5-7,10,14,16,18H,2-4,8-9,11-12H2,1H3. The molecule has 3 heteroatoms. The third-order valence-electron chi connectivity index (χ3n) is 3.92. The monoisotopic (exact) mass is 297 g/mol. The summed E-state index contributed by atoms with van der Waals surface area (Å²) in [5, 5.41) is 4.53. The Morgan fingerprint density at radius 3 is 2.84 bits per heavy atom. The average Bonchev–Trinajstić information content (AvgIpc) is 2.35. The van der Waals surface area contributed by atoms with Crippen molar-refractivity contribution in [3.63, 3.8) is 0 Å². The lowest BCUT2D eigenvalue weighted by Crippen LogP contribution is -2.40. The van der Waals surface area contributed by atoms with Crippen molar-refractivity contribution in [2.75, 3.05) is 18.6 Å². The SMILES string of the molecule is CSCCCCCNC1CC(c2cccc(Cl)c2)C1. The molecule has 0 unspecified atom stereocenters. The van der Waals surface area contributed by atoms with E-state index in [1.54, 1.807) is 0 Å². The molecule has 1 aliphatic carbocycles. The molecule has 1 nitrogen and oxygen atoms in total. The minimum absolute atomic E-state index is 0.715. The number of hydrogen-bond acceptors (Lipinski definition) is 2. The van der Waals surface area contributed by atoms with Gasteiger partial charge in [0.25, 0.3) is 0 Å². The van der Waals surface area contributed by atoms with Crippen molar-refractivity contribution in [3.8, 4) is 0 Å². The van der Waals surface area contributed by atoms with Crippen LogP contribution in [0.1, 0.15) is 43.6 Å². The molecule has 1 aliphatic rings. The second-order valence-electron chi connectivity index (χ2n) is 5.43. The van der Waals surface area contributed by atoms with E-state index in [1.807, 2.05) is 17.8 Å². The van der Waals surface area contributed by atoms with Crippen molar-refractivity contribution in [2.45, 2.75) is 44.1 Å². The molecule has 19 heavy (non-hydrogen) atoms. The molecule has 0 radical (unpaired) electrons. The molecule has 0 amide bonds. The van der Waals surface area contributed by atoms with Gasteiger partial charge in [0.15, 0.2) is 0 Å². The van der Waals surface area contributed by atoms with Gasteiger partial charge in [-0.1, -0.05) is 30.2 Å². The molecule has 2 rings (SSSR count). The Morgan fingerprint density at radius 1 is 1.26 bits per heavy atom. The molecular formula is C16H24ClNS. The lowest BCUT2D eigenvalue weighted by atomic mass is 9.76. The molecule has 1 saturated carbocycles. The predicted octanol–water partition coefficient (Wildman–Crippen LogP) is 4.71. The highest BCUT2D eigenvalue weighted by Gasteiger charge is 2.29. The van der Waals surface area contributed by atoms with Gasteiger partial charge in [-0.05, 0) is 67.9 Å². The van der Waals surface area contributed by atoms with Gasteiger partial charge in [-0.3, -0.25) is 0 Å². The minimum Gasteiger partial charge on any atom is -0.314 e. The first kappa shape index (κ1) is 15.2. The first-order chi connectivity index (χ1) is 9.29. The number of benzene rings is 1. The van der Waals surface area contributed by atoms with E-state index in [4.69, 9.17) is 11.6 Å². The first-order valence-corrected chi connectivity index (χ1v) is 9.04. The number of unbranched alkanes of at least 4 members (excludes halogenated alkanes) is 2. The number of nitrogens with one attached hydrogen (secondary N) is 1. The van der Waals surface area contributed by atoms with Gasteiger partial charge in [-0.2, -0.15) is 11.8 Å². The highest BCUT2D eigenvalue weighted by atomic mass is 35.5. The van der Waals surface area contributed by atoms with Gasteiger partial charge >= 0.3 is 0 Å². The van der Waals surface area contributed by atoms with E-state index in [0.717, 1.165) is 11.1 Å². The van der Waals surface area contributed by atoms with Crippen LogP contribution in [0.15, 0.2) is 24.3 Å². The van der Waals surface area contributed by atoms with Crippen LogP contribution >= 0.6 is 23.4 Å². The molecule has 0 bridgehead atoms. The molecular weight excluding hydrogens is 274 g/mol. The Kier molecular flexibility index (Phi) is 6.55. The summed E-state index contributed by atoms with van der Waals surface area (Å²) >= 11 is 7.98. The van der Waals surface area contributed by atoms with E-state index >= 15 is 0 Å². The Hall–Kier alpha value is -0.180. The lowest BCUT2D eigenvalue weighted by molar-refractivity contribution is 0.290. The molecule has 0 spiro atoms. The summed E-state index contributed by atoms with van der Waals surface area (Å²) in [7, 11) is 0. The zero-order valence-corrected chi connectivity index (χ0v) is 13.3. The predicted molar refractivity (Wildman–Crippen MR) is 87.5 cm³/mol. The Labute approximate surface area is 126 Å². The number of hydrogen-bond donors (Lipinski definition) is 1. The van der Waals surface area contributed by atoms with Crippen LogP contribution in [-0.4, -0.2) is 24.6 Å². The van der Waals surface area contributed by atoms with Crippen LogP contribution in [0.5, 0.6) is 0 Å². The highest BCUT2D eigenvalue weighted by molar-refractivity contribution is 7.98. The van der Waals surface area contributed by atoms with E-state index in [2.05, 4.69) is 29.8 Å². The van der Waals surface area contributed by atoms with E-state index in [-0.39, 0.29) is 0 Å². The van der Waals surface area contributed by atoms with Crippen molar-refractivity contribution in [1.82, 2.24) is 5.32 Å². The zero-order chi connectivity index (χ0) is 13.5. The average molecular weight is 298 g/mol. The van der Waals surface area contributed by atoms with E-state index < -0.39 is 0 Å². The second kappa shape index (κ2) is 8.18. The molecule has 1 aromatic carbocycles. The van der Waals surface area contributed by atoms with Crippen molar-refractivity contribution < 1.29 is 0 Å². The fourth-order valence-electron chi connectivity index (χ4n) is 2.67. The molecule has 1 fully saturated rings. The first-order valence-electron chi connectivity index (χ1n) is 7.27. The third kappa shape index (κ3) is 5.02. The molecule has 106 valence electrons. The second-order valence-corrected chi connectivity index (χ2v) is 6.85. The van der Waals surface area contributed by atoms with Crippen LogP contribution in [0, 0.1) is 0 Å². The van der Waals surface area contributed by atoms with Gasteiger partial charge in [0.1, 0.15) is 0 Å². The van der Waals surface area contributed by atoms with Gasteiger partial charge < -0.3 is 5.32 Å². The molecule has 1 aromatic rings. The molecule has 0 aromatic heterocycles. The van der Waals surface area contributed by atoms with Crippen molar-refractivity contribution in [3.05, 3.63) is 34.9 Å². The Morgan fingerprint density at radius 2 is 2.11 bits per heavy atom. The van der Waals surface area contributed by atoms with Crippen molar-refractivity contribution >= 4 is 23.4 Å². The molecule has 1 N–H and O–H groups in total. The fourth-order valence-corrected chi connectivity index (χ4v) is 3.36. The normalized spacial score (nSPS) is 22.2. The summed E-state index contributed by atoms with van der Waals surface area (Å²) in [4.78, 5) is 0. The highest BCUT2D eigenvalue weighted by Crippen LogP contribution is 2.37. The van der Waals surface area contributed by atoms with Crippen LogP contribution < -0.4 is 5.32 Å². The van der Waals surface area contributed by atoms with Crippen molar-refractivity contribution in [1.29, 1.82) is 0 Å². The van der Waals surface area contributed by atoms with Gasteiger partial charge in [-0.25, -0.2) is 0 Å². The summed E-state index contributed by atoms with van der Waals surface area (Å²) in [6, 6.07) is 9.06. The van der Waals surface area contributed by atoms with Gasteiger partial charge in [0, 0.05) is 11.1 Å². The van der Waals surface area contributed by atoms with Crippen LogP contribution in [0.25, 0.3) is 0 Å². The van der Waals surface area contributed by atoms with E-state index in [0.29, 0.717) is 5.92 Å². The maximum atomic E-state index is 6.03. The minimum atomic E-state index is 0.715. The number of halogens is 1. The van der Waals surface area contributed by atoms with E-state index in [9.17, 15) is 0 Å². The summed E-state index contributed by atoms with van der Waals surface area (Å²) in [5.74, 6) is 2.02. The van der Waals surface area contributed by atoms with Crippen LogP contribution in [0.2, 0.25) is 5.02 Å². The van der Waals surface area contributed by atoms with Crippen LogP contribution in [-0.2, 0) is 0 Å².